The number of aromatic nitrogens is 3. The number of halogens is 3. The summed E-state index contributed by atoms with van der Waals surface area (Å²) in [6.45, 7) is 1.16. The van der Waals surface area contributed by atoms with Crippen molar-refractivity contribution in [3.05, 3.63) is 68.8 Å². The quantitative estimate of drug-likeness (QED) is 0.571. The van der Waals surface area contributed by atoms with E-state index in [2.05, 4.69) is 15.4 Å². The molecule has 1 aromatic carbocycles. The molecule has 1 amide bonds. The van der Waals surface area contributed by atoms with Crippen LogP contribution in [0.1, 0.15) is 33.7 Å². The number of nitrogens with zero attached hydrogens (tertiary/aromatic N) is 3. The van der Waals surface area contributed by atoms with Gasteiger partial charge in [-0.3, -0.25) is 4.79 Å². The van der Waals surface area contributed by atoms with E-state index in [-0.39, 0.29) is 22.4 Å². The molecule has 0 fully saturated rings. The van der Waals surface area contributed by atoms with E-state index in [4.69, 9.17) is 27.9 Å². The Labute approximate surface area is 187 Å². The van der Waals surface area contributed by atoms with Crippen LogP contribution in [-0.2, 0) is 22.4 Å². The topological polar surface area (TPSA) is 86.1 Å². The Morgan fingerprint density at radius 3 is 2.71 bits per heavy atom. The summed E-state index contributed by atoms with van der Waals surface area (Å²) < 4.78 is 20.0. The number of esters is 1. The first-order chi connectivity index (χ1) is 14.8. The Kier molecular flexibility index (Phi) is 5.93. The normalized spacial score (nSPS) is 12.5. The zero-order chi connectivity index (χ0) is 22.1. The first-order valence-corrected chi connectivity index (χ1v) is 10.2. The van der Waals surface area contributed by atoms with Crippen LogP contribution in [0, 0.1) is 12.7 Å². The van der Waals surface area contributed by atoms with Crippen LogP contribution in [0.3, 0.4) is 0 Å². The van der Waals surface area contributed by atoms with E-state index < -0.39 is 18.5 Å². The van der Waals surface area contributed by atoms with E-state index >= 15 is 0 Å². The summed E-state index contributed by atoms with van der Waals surface area (Å²) in [5, 5.41) is 7.45. The SMILES string of the molecule is Cc1c(Cl)cnc(NC(=O)COC(=O)c2nn(-c3ccc(F)cc3)c3c2CCC3)c1Cl. The average Bonchev–Trinajstić information content (AvgIpc) is 3.36. The van der Waals surface area contributed by atoms with Crippen LogP contribution >= 0.6 is 23.2 Å². The molecule has 1 aliphatic carbocycles. The molecule has 2 aromatic heterocycles. The summed E-state index contributed by atoms with van der Waals surface area (Å²) in [6.07, 6.45) is 3.66. The van der Waals surface area contributed by atoms with Gasteiger partial charge in [0.25, 0.3) is 5.91 Å². The van der Waals surface area contributed by atoms with Crippen LogP contribution in [0.25, 0.3) is 5.69 Å². The number of pyridine rings is 1. The van der Waals surface area contributed by atoms with E-state index in [1.807, 2.05) is 0 Å². The molecule has 4 rings (SSSR count). The molecule has 10 heteroatoms. The Bertz CT molecular complexity index is 1180. The van der Waals surface area contributed by atoms with Gasteiger partial charge in [-0.2, -0.15) is 5.10 Å². The highest BCUT2D eigenvalue weighted by Gasteiger charge is 2.28. The molecule has 31 heavy (non-hydrogen) atoms. The molecule has 160 valence electrons. The van der Waals surface area contributed by atoms with Gasteiger partial charge in [0.2, 0.25) is 0 Å². The predicted molar refractivity (Wildman–Crippen MR) is 113 cm³/mol. The van der Waals surface area contributed by atoms with Gasteiger partial charge < -0.3 is 10.1 Å². The van der Waals surface area contributed by atoms with Crippen molar-refractivity contribution in [2.45, 2.75) is 26.2 Å². The summed E-state index contributed by atoms with van der Waals surface area (Å²) >= 11 is 12.1. The monoisotopic (exact) mass is 462 g/mol. The van der Waals surface area contributed by atoms with Gasteiger partial charge >= 0.3 is 5.97 Å². The summed E-state index contributed by atoms with van der Waals surface area (Å²) in [4.78, 5) is 28.8. The number of carbonyl (C=O) groups excluding carboxylic acids is 2. The largest absolute Gasteiger partial charge is 0.451 e. The van der Waals surface area contributed by atoms with Crippen molar-refractivity contribution in [2.75, 3.05) is 11.9 Å². The molecule has 0 unspecified atom stereocenters. The van der Waals surface area contributed by atoms with E-state index in [1.165, 1.54) is 18.3 Å². The molecule has 0 saturated carbocycles. The lowest BCUT2D eigenvalue weighted by Gasteiger charge is -2.09. The number of ether oxygens (including phenoxy) is 1. The summed E-state index contributed by atoms with van der Waals surface area (Å²) in [5.41, 5.74) is 3.05. The molecule has 0 atom stereocenters. The summed E-state index contributed by atoms with van der Waals surface area (Å²) in [5.74, 6) is -1.53. The number of rotatable bonds is 5. The molecular weight excluding hydrogens is 446 g/mol. The fourth-order valence-corrected chi connectivity index (χ4v) is 3.80. The van der Waals surface area contributed by atoms with Gasteiger partial charge in [-0.25, -0.2) is 18.9 Å². The molecule has 2 heterocycles. The fraction of sp³-hybridized carbons (Fsp3) is 0.238. The number of benzene rings is 1. The Balaban J connectivity index is 1.47. The second-order valence-electron chi connectivity index (χ2n) is 7.03. The maximum absolute atomic E-state index is 13.2. The first-order valence-electron chi connectivity index (χ1n) is 9.49. The van der Waals surface area contributed by atoms with Crippen LogP contribution in [0.2, 0.25) is 10.0 Å². The second kappa shape index (κ2) is 8.64. The highest BCUT2D eigenvalue weighted by Crippen LogP contribution is 2.29. The lowest BCUT2D eigenvalue weighted by Crippen LogP contribution is -2.22. The minimum atomic E-state index is -0.708. The van der Waals surface area contributed by atoms with E-state index in [1.54, 1.807) is 23.7 Å². The van der Waals surface area contributed by atoms with Crippen LogP contribution < -0.4 is 5.32 Å². The highest BCUT2D eigenvalue weighted by atomic mass is 35.5. The number of amides is 1. The van der Waals surface area contributed by atoms with Crippen molar-refractivity contribution in [3.63, 3.8) is 0 Å². The Morgan fingerprint density at radius 1 is 1.23 bits per heavy atom. The first kappa shape index (κ1) is 21.3. The van der Waals surface area contributed by atoms with Crippen LogP contribution in [0.4, 0.5) is 10.2 Å². The molecular formula is C21H17Cl2FN4O3. The van der Waals surface area contributed by atoms with Crippen molar-refractivity contribution < 1.29 is 18.7 Å². The van der Waals surface area contributed by atoms with Crippen LogP contribution in [0.5, 0.6) is 0 Å². The fourth-order valence-electron chi connectivity index (χ4n) is 3.41. The van der Waals surface area contributed by atoms with Crippen molar-refractivity contribution in [1.29, 1.82) is 0 Å². The Morgan fingerprint density at radius 2 is 1.97 bits per heavy atom. The molecule has 0 radical (unpaired) electrons. The number of hydrogen-bond acceptors (Lipinski definition) is 5. The Hall–Kier alpha value is -2.97. The van der Waals surface area contributed by atoms with Crippen molar-refractivity contribution >= 4 is 40.9 Å². The molecule has 0 aliphatic heterocycles. The smallest absolute Gasteiger partial charge is 0.359 e. The molecule has 0 saturated heterocycles. The maximum atomic E-state index is 13.2. The molecule has 7 nitrogen and oxygen atoms in total. The van der Waals surface area contributed by atoms with Gasteiger partial charge in [0, 0.05) is 17.5 Å². The standard InChI is InChI=1S/C21H17Cl2FN4O3/c1-11-15(22)9-25-20(18(11)23)26-17(29)10-31-21(30)19-14-3-2-4-16(14)28(27-19)13-7-5-12(24)6-8-13/h5-9H,2-4,10H2,1H3,(H,25,26,29). The van der Waals surface area contributed by atoms with E-state index in [0.29, 0.717) is 22.7 Å². The van der Waals surface area contributed by atoms with Gasteiger partial charge in [-0.15, -0.1) is 0 Å². The molecule has 0 bridgehead atoms. The third-order valence-corrected chi connectivity index (χ3v) is 5.83. The van der Waals surface area contributed by atoms with E-state index in [9.17, 15) is 14.0 Å². The lowest BCUT2D eigenvalue weighted by atomic mass is 10.2. The summed E-state index contributed by atoms with van der Waals surface area (Å²) in [6, 6.07) is 5.85. The summed E-state index contributed by atoms with van der Waals surface area (Å²) in [7, 11) is 0. The number of fused-ring (bicyclic) bond motifs is 1. The van der Waals surface area contributed by atoms with Gasteiger partial charge in [-0.1, -0.05) is 23.2 Å². The molecule has 3 aromatic rings. The predicted octanol–water partition coefficient (Wildman–Crippen LogP) is 4.31. The number of carbonyl (C=O) groups is 2. The minimum absolute atomic E-state index is 0.131. The molecule has 0 spiro atoms. The van der Waals surface area contributed by atoms with E-state index in [0.717, 1.165) is 24.1 Å². The molecule has 1 N–H and O–H groups in total. The third-order valence-electron chi connectivity index (χ3n) is 4.99. The highest BCUT2D eigenvalue weighted by molar-refractivity contribution is 6.37. The van der Waals surface area contributed by atoms with Crippen molar-refractivity contribution in [1.82, 2.24) is 14.8 Å². The maximum Gasteiger partial charge on any atom is 0.359 e. The van der Waals surface area contributed by atoms with Crippen LogP contribution in [0.15, 0.2) is 30.5 Å². The molecule has 1 aliphatic rings. The third kappa shape index (κ3) is 4.26. The zero-order valence-electron chi connectivity index (χ0n) is 16.4. The number of nitrogens with one attached hydrogen (secondary N) is 1. The van der Waals surface area contributed by atoms with Gasteiger partial charge in [-0.05, 0) is 56.0 Å². The van der Waals surface area contributed by atoms with Crippen molar-refractivity contribution in [3.8, 4) is 5.69 Å². The minimum Gasteiger partial charge on any atom is -0.451 e. The lowest BCUT2D eigenvalue weighted by molar-refractivity contribution is -0.119. The average molecular weight is 463 g/mol. The van der Waals surface area contributed by atoms with Gasteiger partial charge in [0.1, 0.15) is 5.82 Å². The van der Waals surface area contributed by atoms with Crippen LogP contribution in [-0.4, -0.2) is 33.2 Å². The van der Waals surface area contributed by atoms with Crippen molar-refractivity contribution in [2.24, 2.45) is 0 Å². The second-order valence-corrected chi connectivity index (χ2v) is 7.82. The zero-order valence-corrected chi connectivity index (χ0v) is 17.9. The number of hydrogen-bond donors (Lipinski definition) is 1. The van der Waals surface area contributed by atoms with Gasteiger partial charge in [0.05, 0.1) is 15.7 Å². The number of anilines is 1. The van der Waals surface area contributed by atoms with Gasteiger partial charge in [0.15, 0.2) is 18.1 Å².